The quantitative estimate of drug-likeness (QED) is 0.748. The molecule has 3 rings (SSSR count). The number of carbonyl (C=O) groups excluding carboxylic acids is 1. The molecule has 1 atom stereocenters. The fourth-order valence-corrected chi connectivity index (χ4v) is 3.44. The first-order valence-electron chi connectivity index (χ1n) is 7.00. The Morgan fingerprint density at radius 2 is 2.00 bits per heavy atom. The number of fused-ring (bicyclic) bond motifs is 1. The minimum absolute atomic E-state index is 0.105. The van der Waals surface area contributed by atoms with Crippen LogP contribution in [-0.2, 0) is 0 Å². The van der Waals surface area contributed by atoms with Gasteiger partial charge in [0.15, 0.2) is 0 Å². The van der Waals surface area contributed by atoms with Gasteiger partial charge in [0.2, 0.25) is 0 Å². The van der Waals surface area contributed by atoms with Crippen LogP contribution in [-0.4, -0.2) is 52.9 Å². The van der Waals surface area contributed by atoms with Crippen LogP contribution in [0.2, 0.25) is 10.2 Å². The van der Waals surface area contributed by atoms with Gasteiger partial charge in [-0.1, -0.05) is 23.2 Å². The van der Waals surface area contributed by atoms with Crippen LogP contribution in [0.25, 0.3) is 0 Å². The summed E-state index contributed by atoms with van der Waals surface area (Å²) >= 11 is 12.0. The summed E-state index contributed by atoms with van der Waals surface area (Å²) in [4.78, 5) is 21.1. The Morgan fingerprint density at radius 1 is 1.20 bits per heavy atom. The smallest absolute Gasteiger partial charge is 0.274 e. The maximum absolute atomic E-state index is 12.6. The molecule has 2 aliphatic heterocycles. The van der Waals surface area contributed by atoms with Gasteiger partial charge in [-0.25, -0.2) is 4.98 Å². The average Bonchev–Trinajstić information content (AvgIpc) is 2.78. The van der Waals surface area contributed by atoms with E-state index in [0.29, 0.717) is 16.2 Å². The predicted molar refractivity (Wildman–Crippen MR) is 79.4 cm³/mol. The molecule has 2 aliphatic rings. The summed E-state index contributed by atoms with van der Waals surface area (Å²) < 4.78 is 0. The number of pyridine rings is 1. The fraction of sp³-hybridized carbons (Fsp3) is 0.571. The van der Waals surface area contributed by atoms with Crippen molar-refractivity contribution in [3.63, 3.8) is 0 Å². The number of amides is 1. The summed E-state index contributed by atoms with van der Waals surface area (Å²) in [6.07, 6.45) is 3.39. The average molecular weight is 314 g/mol. The topological polar surface area (TPSA) is 36.4 Å². The molecule has 3 heterocycles. The number of aromatic nitrogens is 1. The molecule has 20 heavy (non-hydrogen) atoms. The molecular weight excluding hydrogens is 297 g/mol. The Morgan fingerprint density at radius 3 is 2.85 bits per heavy atom. The van der Waals surface area contributed by atoms with Crippen molar-refractivity contribution >= 4 is 29.1 Å². The molecule has 0 radical (unpaired) electrons. The first-order chi connectivity index (χ1) is 9.65. The highest BCUT2D eigenvalue weighted by Gasteiger charge is 2.31. The van der Waals surface area contributed by atoms with Gasteiger partial charge < -0.3 is 4.90 Å². The molecular formula is C14H17Cl2N3O. The van der Waals surface area contributed by atoms with E-state index in [4.69, 9.17) is 23.2 Å². The first kappa shape index (κ1) is 14.1. The molecule has 1 amide bonds. The highest BCUT2D eigenvalue weighted by molar-refractivity contribution is 6.34. The second kappa shape index (κ2) is 5.88. The predicted octanol–water partition coefficient (Wildman–Crippen LogP) is 2.70. The van der Waals surface area contributed by atoms with Gasteiger partial charge in [0, 0.05) is 25.7 Å². The van der Waals surface area contributed by atoms with Gasteiger partial charge in [-0.3, -0.25) is 9.69 Å². The van der Waals surface area contributed by atoms with Crippen molar-refractivity contribution in [1.82, 2.24) is 14.8 Å². The lowest BCUT2D eigenvalue weighted by atomic mass is 10.2. The molecule has 108 valence electrons. The Hall–Kier alpha value is -0.840. The maximum Gasteiger partial charge on any atom is 0.274 e. The number of carbonyl (C=O) groups is 1. The van der Waals surface area contributed by atoms with Crippen LogP contribution in [0, 0.1) is 0 Å². The van der Waals surface area contributed by atoms with Crippen molar-refractivity contribution in [2.45, 2.75) is 25.3 Å². The minimum Gasteiger partial charge on any atom is -0.336 e. The summed E-state index contributed by atoms with van der Waals surface area (Å²) in [5.41, 5.74) is 0.269. The Labute approximate surface area is 128 Å². The van der Waals surface area contributed by atoms with E-state index in [2.05, 4.69) is 9.88 Å². The van der Waals surface area contributed by atoms with E-state index in [-0.39, 0.29) is 11.6 Å². The van der Waals surface area contributed by atoms with Gasteiger partial charge in [-0.05, 0) is 37.9 Å². The number of rotatable bonds is 1. The number of hydrogen-bond donors (Lipinski definition) is 0. The minimum atomic E-state index is -0.105. The normalized spacial score (nSPS) is 23.5. The number of hydrogen-bond acceptors (Lipinski definition) is 3. The van der Waals surface area contributed by atoms with E-state index >= 15 is 0 Å². The third kappa shape index (κ3) is 2.78. The van der Waals surface area contributed by atoms with Crippen LogP contribution in [0.4, 0.5) is 0 Å². The zero-order chi connectivity index (χ0) is 14.1. The maximum atomic E-state index is 12.6. The van der Waals surface area contributed by atoms with Crippen LogP contribution in [0.15, 0.2) is 12.1 Å². The summed E-state index contributed by atoms with van der Waals surface area (Å²) in [5.74, 6) is -0.105. The van der Waals surface area contributed by atoms with Gasteiger partial charge in [-0.15, -0.1) is 0 Å². The molecule has 1 unspecified atom stereocenters. The zero-order valence-corrected chi connectivity index (χ0v) is 12.7. The molecule has 1 aromatic heterocycles. The van der Waals surface area contributed by atoms with E-state index in [0.717, 1.165) is 32.6 Å². The molecule has 0 N–H and O–H groups in total. The Kier molecular flexibility index (Phi) is 4.15. The lowest BCUT2D eigenvalue weighted by Gasteiger charge is -2.25. The van der Waals surface area contributed by atoms with Crippen molar-refractivity contribution < 1.29 is 4.79 Å². The largest absolute Gasteiger partial charge is 0.336 e. The highest BCUT2D eigenvalue weighted by Crippen LogP contribution is 2.24. The molecule has 0 aliphatic carbocycles. The summed E-state index contributed by atoms with van der Waals surface area (Å²) in [6.45, 7) is 3.76. The van der Waals surface area contributed by atoms with E-state index in [1.807, 2.05) is 4.90 Å². The van der Waals surface area contributed by atoms with Gasteiger partial charge in [0.05, 0.1) is 5.02 Å². The van der Waals surface area contributed by atoms with Crippen LogP contribution in [0.1, 0.15) is 29.8 Å². The van der Waals surface area contributed by atoms with E-state index in [1.165, 1.54) is 12.8 Å². The Bertz CT molecular complexity index is 523. The molecule has 1 aromatic rings. The third-order valence-corrected chi connectivity index (χ3v) is 4.62. The molecule has 6 heteroatoms. The van der Waals surface area contributed by atoms with Crippen molar-refractivity contribution in [3.8, 4) is 0 Å². The Balaban J connectivity index is 1.80. The van der Waals surface area contributed by atoms with Crippen LogP contribution >= 0.6 is 23.2 Å². The van der Waals surface area contributed by atoms with Crippen molar-refractivity contribution in [1.29, 1.82) is 0 Å². The highest BCUT2D eigenvalue weighted by atomic mass is 35.5. The van der Waals surface area contributed by atoms with E-state index in [1.54, 1.807) is 12.1 Å². The van der Waals surface area contributed by atoms with E-state index < -0.39 is 0 Å². The van der Waals surface area contributed by atoms with Gasteiger partial charge >= 0.3 is 0 Å². The summed E-state index contributed by atoms with van der Waals surface area (Å²) in [7, 11) is 0. The monoisotopic (exact) mass is 313 g/mol. The SMILES string of the molecule is O=C(c1nc(Cl)ccc1Cl)N1CCCN2CCCC2C1. The van der Waals surface area contributed by atoms with Crippen LogP contribution in [0.5, 0.6) is 0 Å². The fourth-order valence-electron chi connectivity index (χ4n) is 3.11. The summed E-state index contributed by atoms with van der Waals surface area (Å²) in [5, 5.41) is 0.669. The lowest BCUT2D eigenvalue weighted by molar-refractivity contribution is 0.0738. The first-order valence-corrected chi connectivity index (χ1v) is 7.76. The number of halogens is 2. The van der Waals surface area contributed by atoms with Crippen molar-refractivity contribution in [2.75, 3.05) is 26.2 Å². The number of nitrogens with zero attached hydrogens (tertiary/aromatic N) is 3. The third-order valence-electron chi connectivity index (χ3n) is 4.11. The van der Waals surface area contributed by atoms with E-state index in [9.17, 15) is 4.79 Å². The zero-order valence-electron chi connectivity index (χ0n) is 11.2. The molecule has 0 saturated carbocycles. The lowest BCUT2D eigenvalue weighted by Crippen LogP contribution is -2.40. The second-order valence-corrected chi connectivity index (χ2v) is 6.20. The molecule has 4 nitrogen and oxygen atoms in total. The van der Waals surface area contributed by atoms with Gasteiger partial charge in [0.25, 0.3) is 5.91 Å². The van der Waals surface area contributed by atoms with Crippen molar-refractivity contribution in [3.05, 3.63) is 28.0 Å². The standard InChI is InChI=1S/C14H17Cl2N3O/c15-11-4-5-12(16)17-13(11)14(20)19-8-2-7-18-6-1-3-10(18)9-19/h4-5,10H,1-3,6-9H2. The molecule has 0 aromatic carbocycles. The van der Waals surface area contributed by atoms with Crippen LogP contribution in [0.3, 0.4) is 0 Å². The van der Waals surface area contributed by atoms with Crippen LogP contribution < -0.4 is 0 Å². The second-order valence-electron chi connectivity index (χ2n) is 5.40. The molecule has 2 fully saturated rings. The molecule has 0 spiro atoms. The van der Waals surface area contributed by atoms with Crippen molar-refractivity contribution in [2.24, 2.45) is 0 Å². The van der Waals surface area contributed by atoms with Gasteiger partial charge in [-0.2, -0.15) is 0 Å². The molecule has 2 saturated heterocycles. The summed E-state index contributed by atoms with van der Waals surface area (Å²) in [6, 6.07) is 3.71. The molecule has 0 bridgehead atoms. The van der Waals surface area contributed by atoms with Gasteiger partial charge in [0.1, 0.15) is 10.8 Å².